The molecule has 3 nitrogen and oxygen atoms in total. The van der Waals surface area contributed by atoms with Gasteiger partial charge < -0.3 is 13.9 Å². The van der Waals surface area contributed by atoms with Crippen LogP contribution < -0.4 is 4.90 Å². The summed E-state index contributed by atoms with van der Waals surface area (Å²) in [5, 5.41) is 4.86. The first-order valence-corrected chi connectivity index (χ1v) is 16.1. The fraction of sp³-hybridized carbons (Fsp3) is 0.0455. The molecule has 0 atom stereocenters. The molecular formula is C44H32N2O. The Morgan fingerprint density at radius 1 is 0.489 bits per heavy atom. The topological polar surface area (TPSA) is 21.3 Å². The largest absolute Gasteiger partial charge is 0.455 e. The maximum atomic E-state index is 6.36. The normalized spacial score (nSPS) is 11.6. The van der Waals surface area contributed by atoms with E-state index in [1.807, 2.05) is 12.1 Å². The number of fused-ring (bicyclic) bond motifs is 6. The van der Waals surface area contributed by atoms with E-state index in [-0.39, 0.29) is 0 Å². The summed E-state index contributed by atoms with van der Waals surface area (Å²) in [6, 6.07) is 56.4. The highest BCUT2D eigenvalue weighted by molar-refractivity contribution is 6.13. The second-order valence-electron chi connectivity index (χ2n) is 12.3. The monoisotopic (exact) mass is 604 g/mol. The smallest absolute Gasteiger partial charge is 0.143 e. The average Bonchev–Trinajstić information content (AvgIpc) is 3.65. The van der Waals surface area contributed by atoms with E-state index < -0.39 is 0 Å². The number of aryl methyl sites for hydroxylation is 2. The minimum Gasteiger partial charge on any atom is -0.455 e. The van der Waals surface area contributed by atoms with E-state index in [1.165, 1.54) is 38.5 Å². The van der Waals surface area contributed by atoms with Gasteiger partial charge in [-0.15, -0.1) is 0 Å². The molecule has 9 rings (SSSR count). The molecular weight excluding hydrogens is 572 g/mol. The lowest BCUT2D eigenvalue weighted by atomic mass is 10.0. The van der Waals surface area contributed by atoms with Crippen molar-refractivity contribution in [2.75, 3.05) is 4.90 Å². The number of benzene rings is 7. The second-order valence-corrected chi connectivity index (χ2v) is 12.3. The Balaban J connectivity index is 1.13. The van der Waals surface area contributed by atoms with Crippen LogP contribution >= 0.6 is 0 Å². The number of anilines is 3. The Labute approximate surface area is 273 Å². The van der Waals surface area contributed by atoms with Crippen LogP contribution in [0.4, 0.5) is 17.1 Å². The molecule has 9 aromatic rings. The van der Waals surface area contributed by atoms with Gasteiger partial charge in [0, 0.05) is 62.3 Å². The van der Waals surface area contributed by atoms with Crippen molar-refractivity contribution in [1.82, 2.24) is 4.57 Å². The highest BCUT2D eigenvalue weighted by Gasteiger charge is 2.18. The zero-order chi connectivity index (χ0) is 31.5. The fourth-order valence-corrected chi connectivity index (χ4v) is 7.27. The van der Waals surface area contributed by atoms with Crippen molar-refractivity contribution in [2.45, 2.75) is 6.92 Å². The summed E-state index contributed by atoms with van der Waals surface area (Å²) in [5.74, 6) is 0. The SMILES string of the molecule is Cc1ccccc1N(c1ccc(-c2cccc3c2oc2ccccc23)cc1)c1ccc(-c2cccc3c4ccccc4n(C)c23)cc1. The highest BCUT2D eigenvalue weighted by atomic mass is 16.3. The van der Waals surface area contributed by atoms with Crippen molar-refractivity contribution in [1.29, 1.82) is 0 Å². The van der Waals surface area contributed by atoms with Gasteiger partial charge in [0.25, 0.3) is 0 Å². The van der Waals surface area contributed by atoms with Gasteiger partial charge in [-0.3, -0.25) is 0 Å². The van der Waals surface area contributed by atoms with Crippen molar-refractivity contribution < 1.29 is 4.42 Å². The van der Waals surface area contributed by atoms with Crippen molar-refractivity contribution in [2.24, 2.45) is 7.05 Å². The van der Waals surface area contributed by atoms with Gasteiger partial charge in [-0.25, -0.2) is 0 Å². The third-order valence-electron chi connectivity index (χ3n) is 9.56. The Hall–Kier alpha value is -6.06. The van der Waals surface area contributed by atoms with Gasteiger partial charge in [-0.1, -0.05) is 115 Å². The maximum Gasteiger partial charge on any atom is 0.143 e. The van der Waals surface area contributed by atoms with Crippen molar-refractivity contribution in [3.8, 4) is 22.3 Å². The van der Waals surface area contributed by atoms with Crippen LogP contribution in [0.3, 0.4) is 0 Å². The number of para-hydroxylation sites is 5. The summed E-state index contributed by atoms with van der Waals surface area (Å²) in [7, 11) is 2.17. The lowest BCUT2D eigenvalue weighted by Crippen LogP contribution is -2.11. The number of hydrogen-bond acceptors (Lipinski definition) is 2. The number of hydrogen-bond donors (Lipinski definition) is 0. The quantitative estimate of drug-likeness (QED) is 0.195. The molecule has 3 heteroatoms. The first-order valence-electron chi connectivity index (χ1n) is 16.1. The summed E-state index contributed by atoms with van der Waals surface area (Å²) >= 11 is 0. The van der Waals surface area contributed by atoms with Crippen LogP contribution in [-0.4, -0.2) is 4.57 Å². The summed E-state index contributed by atoms with van der Waals surface area (Å²) in [6.07, 6.45) is 0. The van der Waals surface area contributed by atoms with Crippen molar-refractivity contribution >= 4 is 60.8 Å². The molecule has 7 aromatic carbocycles. The minimum atomic E-state index is 0.914. The van der Waals surface area contributed by atoms with Gasteiger partial charge in [0.1, 0.15) is 11.2 Å². The van der Waals surface area contributed by atoms with Crippen LogP contribution in [0.1, 0.15) is 5.56 Å². The van der Waals surface area contributed by atoms with E-state index in [1.54, 1.807) is 0 Å². The molecule has 224 valence electrons. The number of nitrogens with zero attached hydrogens (tertiary/aromatic N) is 2. The standard InChI is InChI=1S/C44H32N2O/c1-29-11-3-6-18-40(29)46(33-27-23-31(24-28-33)35-15-10-17-39-37-13-5-8-20-42(37)47-44(35)39)32-25-21-30(22-26-32)34-14-9-16-38-36-12-4-7-19-41(36)45(2)43(34)38/h3-28H,1-2H3. The van der Waals surface area contributed by atoms with E-state index in [0.717, 1.165) is 50.1 Å². The van der Waals surface area contributed by atoms with Crippen LogP contribution in [-0.2, 0) is 7.05 Å². The predicted molar refractivity (Wildman–Crippen MR) is 198 cm³/mol. The van der Waals surface area contributed by atoms with Gasteiger partial charge in [0.15, 0.2) is 0 Å². The molecule has 0 N–H and O–H groups in total. The molecule has 0 spiro atoms. The third-order valence-corrected chi connectivity index (χ3v) is 9.56. The van der Waals surface area contributed by atoms with Crippen LogP contribution in [0, 0.1) is 6.92 Å². The minimum absolute atomic E-state index is 0.914. The van der Waals surface area contributed by atoms with E-state index >= 15 is 0 Å². The molecule has 2 heterocycles. The van der Waals surface area contributed by atoms with Crippen LogP contribution in [0.2, 0.25) is 0 Å². The molecule has 0 aliphatic rings. The van der Waals surface area contributed by atoms with Crippen LogP contribution in [0.25, 0.3) is 66.0 Å². The zero-order valence-electron chi connectivity index (χ0n) is 26.3. The summed E-state index contributed by atoms with van der Waals surface area (Å²) in [5.41, 5.74) is 13.6. The molecule has 0 amide bonds. The highest BCUT2D eigenvalue weighted by Crippen LogP contribution is 2.41. The second kappa shape index (κ2) is 10.8. The molecule has 0 aliphatic heterocycles. The Bertz CT molecular complexity index is 2590. The van der Waals surface area contributed by atoms with Crippen molar-refractivity contribution in [3.63, 3.8) is 0 Å². The molecule has 47 heavy (non-hydrogen) atoms. The summed E-state index contributed by atoms with van der Waals surface area (Å²) < 4.78 is 8.68. The molecule has 0 bridgehead atoms. The van der Waals surface area contributed by atoms with Gasteiger partial charge in [-0.2, -0.15) is 0 Å². The molecule has 0 unspecified atom stereocenters. The Morgan fingerprint density at radius 3 is 1.81 bits per heavy atom. The first kappa shape index (κ1) is 27.3. The Morgan fingerprint density at radius 2 is 1.06 bits per heavy atom. The lowest BCUT2D eigenvalue weighted by molar-refractivity contribution is 0.670. The van der Waals surface area contributed by atoms with Crippen molar-refractivity contribution in [3.05, 3.63) is 163 Å². The fourth-order valence-electron chi connectivity index (χ4n) is 7.27. The van der Waals surface area contributed by atoms with Crippen LogP contribution in [0.5, 0.6) is 0 Å². The molecule has 0 saturated carbocycles. The van der Waals surface area contributed by atoms with Gasteiger partial charge in [0.05, 0.1) is 5.52 Å². The van der Waals surface area contributed by atoms with Crippen LogP contribution in [0.15, 0.2) is 162 Å². The molecule has 0 saturated heterocycles. The van der Waals surface area contributed by atoms with E-state index in [4.69, 9.17) is 4.42 Å². The number of furan rings is 1. The summed E-state index contributed by atoms with van der Waals surface area (Å²) in [6.45, 7) is 2.17. The first-order chi connectivity index (χ1) is 23.2. The van der Waals surface area contributed by atoms with E-state index in [0.29, 0.717) is 0 Å². The Kier molecular flexibility index (Phi) is 6.26. The number of aromatic nitrogens is 1. The van der Waals surface area contributed by atoms with Gasteiger partial charge in [0.2, 0.25) is 0 Å². The van der Waals surface area contributed by atoms with Gasteiger partial charge in [-0.05, 0) is 66.1 Å². The van der Waals surface area contributed by atoms with Gasteiger partial charge >= 0.3 is 0 Å². The molecule has 2 aromatic heterocycles. The number of rotatable bonds is 5. The average molecular weight is 605 g/mol. The third kappa shape index (κ3) is 4.35. The molecule has 0 fully saturated rings. The lowest BCUT2D eigenvalue weighted by Gasteiger charge is -2.27. The van der Waals surface area contributed by atoms with E-state index in [9.17, 15) is 0 Å². The molecule has 0 radical (unpaired) electrons. The predicted octanol–water partition coefficient (Wildman–Crippen LogP) is 12.3. The summed E-state index contributed by atoms with van der Waals surface area (Å²) in [4.78, 5) is 2.35. The zero-order valence-corrected chi connectivity index (χ0v) is 26.3. The maximum absolute atomic E-state index is 6.36. The molecule has 0 aliphatic carbocycles. The van der Waals surface area contributed by atoms with E-state index in [2.05, 4.69) is 169 Å².